The Balaban J connectivity index is 1.81. The Morgan fingerprint density at radius 3 is 2.19 bits per heavy atom. The number of hydrogen-bond donors (Lipinski definition) is 1. The van der Waals surface area contributed by atoms with Crippen molar-refractivity contribution in [3.05, 3.63) is 52.3 Å². The van der Waals surface area contributed by atoms with E-state index in [-0.39, 0.29) is 10.0 Å². The predicted molar refractivity (Wildman–Crippen MR) is 83.4 cm³/mol. The molecule has 0 heterocycles. The molecule has 6 heteroatoms. The smallest absolute Gasteiger partial charge is 0.160 e. The molecule has 0 aliphatic heterocycles. The fourth-order valence-electron chi connectivity index (χ4n) is 1.69. The summed E-state index contributed by atoms with van der Waals surface area (Å²) in [7, 11) is 1.61. The molecule has 3 nitrogen and oxygen atoms in total. The van der Waals surface area contributed by atoms with E-state index in [9.17, 15) is 4.39 Å². The molecule has 2 aromatic rings. The molecule has 0 saturated heterocycles. The van der Waals surface area contributed by atoms with Crippen LogP contribution in [0.3, 0.4) is 0 Å². The first kappa shape index (κ1) is 15.7. The minimum Gasteiger partial charge on any atom is -0.497 e. The highest BCUT2D eigenvalue weighted by Crippen LogP contribution is 2.27. The lowest BCUT2D eigenvalue weighted by molar-refractivity contribution is 0.332. The zero-order valence-electron chi connectivity index (χ0n) is 11.3. The average Bonchev–Trinajstić information content (AvgIpc) is 2.49. The van der Waals surface area contributed by atoms with Crippen LogP contribution in [0.5, 0.6) is 11.5 Å². The molecule has 0 spiro atoms. The van der Waals surface area contributed by atoms with Crippen LogP contribution in [0.1, 0.15) is 0 Å². The highest BCUT2D eigenvalue weighted by Gasteiger charge is 2.07. The Morgan fingerprint density at radius 2 is 1.62 bits per heavy atom. The fourth-order valence-corrected chi connectivity index (χ4v) is 2.18. The molecule has 0 radical (unpaired) electrons. The Hall–Kier alpha value is -1.65. The predicted octanol–water partition coefficient (Wildman–Crippen LogP) is 4.63. The summed E-state index contributed by atoms with van der Waals surface area (Å²) in [6, 6.07) is 10.3. The lowest BCUT2D eigenvalue weighted by Crippen LogP contribution is -2.11. The van der Waals surface area contributed by atoms with E-state index in [2.05, 4.69) is 5.32 Å². The van der Waals surface area contributed by atoms with Crippen LogP contribution in [0.25, 0.3) is 0 Å². The lowest BCUT2D eigenvalue weighted by atomic mass is 10.3. The number of benzene rings is 2. The van der Waals surface area contributed by atoms with Gasteiger partial charge in [-0.05, 0) is 36.4 Å². The summed E-state index contributed by atoms with van der Waals surface area (Å²) in [6.45, 7) is 0.975. The SMILES string of the molecule is COc1ccc(OCCNc2cc(Cl)c(F)c(Cl)c2)cc1. The van der Waals surface area contributed by atoms with Crippen molar-refractivity contribution in [1.82, 2.24) is 0 Å². The fraction of sp³-hybridized carbons (Fsp3) is 0.200. The van der Waals surface area contributed by atoms with Crippen LogP contribution in [-0.4, -0.2) is 20.3 Å². The number of nitrogens with one attached hydrogen (secondary N) is 1. The van der Waals surface area contributed by atoms with E-state index in [1.165, 1.54) is 12.1 Å². The van der Waals surface area contributed by atoms with Gasteiger partial charge in [0, 0.05) is 12.2 Å². The number of methoxy groups -OCH3 is 1. The minimum atomic E-state index is -0.613. The normalized spacial score (nSPS) is 10.3. The van der Waals surface area contributed by atoms with Gasteiger partial charge in [-0.2, -0.15) is 0 Å². The molecule has 0 aliphatic rings. The second-order valence-corrected chi connectivity index (χ2v) is 5.02. The van der Waals surface area contributed by atoms with Crippen LogP contribution in [0, 0.1) is 5.82 Å². The molecule has 112 valence electrons. The van der Waals surface area contributed by atoms with Crippen molar-refractivity contribution in [2.75, 3.05) is 25.6 Å². The molecule has 2 rings (SSSR count). The van der Waals surface area contributed by atoms with Crippen molar-refractivity contribution in [2.45, 2.75) is 0 Å². The van der Waals surface area contributed by atoms with Crippen molar-refractivity contribution in [3.8, 4) is 11.5 Å². The number of rotatable bonds is 6. The maximum Gasteiger partial charge on any atom is 0.160 e. The molecule has 0 unspecified atom stereocenters. The first-order valence-electron chi connectivity index (χ1n) is 6.25. The summed E-state index contributed by atoms with van der Waals surface area (Å²) in [5.74, 6) is 0.905. The monoisotopic (exact) mass is 329 g/mol. The van der Waals surface area contributed by atoms with E-state index < -0.39 is 5.82 Å². The third-order valence-electron chi connectivity index (χ3n) is 2.74. The van der Waals surface area contributed by atoms with Crippen LogP contribution in [0.4, 0.5) is 10.1 Å². The number of halogens is 3. The van der Waals surface area contributed by atoms with Crippen molar-refractivity contribution in [2.24, 2.45) is 0 Å². The number of hydrogen-bond acceptors (Lipinski definition) is 3. The van der Waals surface area contributed by atoms with E-state index in [4.69, 9.17) is 32.7 Å². The van der Waals surface area contributed by atoms with Crippen LogP contribution in [0.15, 0.2) is 36.4 Å². The van der Waals surface area contributed by atoms with Gasteiger partial charge in [-0.3, -0.25) is 0 Å². The first-order valence-corrected chi connectivity index (χ1v) is 7.01. The Bertz CT molecular complexity index is 582. The number of anilines is 1. The standard InChI is InChI=1S/C15H14Cl2FNO2/c1-20-11-2-4-12(5-3-11)21-7-6-19-10-8-13(16)15(18)14(17)9-10/h2-5,8-9,19H,6-7H2,1H3. The van der Waals surface area contributed by atoms with Gasteiger partial charge in [-0.1, -0.05) is 23.2 Å². The van der Waals surface area contributed by atoms with Gasteiger partial charge in [0.25, 0.3) is 0 Å². The van der Waals surface area contributed by atoms with E-state index in [1.54, 1.807) is 7.11 Å². The van der Waals surface area contributed by atoms with Crippen molar-refractivity contribution < 1.29 is 13.9 Å². The lowest BCUT2D eigenvalue weighted by Gasteiger charge is -2.10. The molecule has 0 fully saturated rings. The van der Waals surface area contributed by atoms with Gasteiger partial charge >= 0.3 is 0 Å². The third kappa shape index (κ3) is 4.41. The second-order valence-electron chi connectivity index (χ2n) is 4.20. The molecule has 0 amide bonds. The molecule has 0 saturated carbocycles. The van der Waals surface area contributed by atoms with Gasteiger partial charge in [-0.25, -0.2) is 4.39 Å². The molecule has 21 heavy (non-hydrogen) atoms. The van der Waals surface area contributed by atoms with Crippen molar-refractivity contribution in [3.63, 3.8) is 0 Å². The maximum atomic E-state index is 13.3. The highest BCUT2D eigenvalue weighted by molar-refractivity contribution is 6.35. The zero-order chi connectivity index (χ0) is 15.2. The maximum absolute atomic E-state index is 13.3. The number of ether oxygens (including phenoxy) is 2. The van der Waals surface area contributed by atoms with Gasteiger partial charge in [0.15, 0.2) is 5.82 Å². The molecule has 0 atom stereocenters. The summed E-state index contributed by atoms with van der Waals surface area (Å²) in [6.07, 6.45) is 0. The summed E-state index contributed by atoms with van der Waals surface area (Å²) in [5.41, 5.74) is 0.643. The molecular formula is C15H14Cl2FNO2. The summed E-state index contributed by atoms with van der Waals surface area (Å²) in [5, 5.41) is 3.04. The van der Waals surface area contributed by atoms with E-state index in [0.29, 0.717) is 18.8 Å². The minimum absolute atomic E-state index is 0.0129. The molecule has 1 N–H and O–H groups in total. The summed E-state index contributed by atoms with van der Waals surface area (Å²) >= 11 is 11.4. The summed E-state index contributed by atoms with van der Waals surface area (Å²) < 4.78 is 23.9. The van der Waals surface area contributed by atoms with Crippen molar-refractivity contribution >= 4 is 28.9 Å². The quantitative estimate of drug-likeness (QED) is 0.619. The Kier molecular flexibility index (Phi) is 5.53. The second kappa shape index (κ2) is 7.38. The molecule has 2 aromatic carbocycles. The highest BCUT2D eigenvalue weighted by atomic mass is 35.5. The topological polar surface area (TPSA) is 30.5 Å². The average molecular weight is 330 g/mol. The van der Waals surface area contributed by atoms with E-state index >= 15 is 0 Å². The zero-order valence-corrected chi connectivity index (χ0v) is 12.8. The third-order valence-corrected chi connectivity index (χ3v) is 3.29. The van der Waals surface area contributed by atoms with Gasteiger partial charge < -0.3 is 14.8 Å². The van der Waals surface area contributed by atoms with Crippen molar-refractivity contribution in [1.29, 1.82) is 0 Å². The Morgan fingerprint density at radius 1 is 1.05 bits per heavy atom. The molecular weight excluding hydrogens is 316 g/mol. The van der Waals surface area contributed by atoms with Gasteiger partial charge in [0.05, 0.1) is 17.2 Å². The van der Waals surface area contributed by atoms with Crippen LogP contribution >= 0.6 is 23.2 Å². The summed E-state index contributed by atoms with van der Waals surface area (Å²) in [4.78, 5) is 0. The van der Waals surface area contributed by atoms with E-state index in [1.807, 2.05) is 24.3 Å². The van der Waals surface area contributed by atoms with Gasteiger partial charge in [0.1, 0.15) is 18.1 Å². The van der Waals surface area contributed by atoms with E-state index in [0.717, 1.165) is 11.5 Å². The first-order chi connectivity index (χ1) is 10.1. The van der Waals surface area contributed by atoms with Crippen LogP contribution in [0.2, 0.25) is 10.0 Å². The molecule has 0 bridgehead atoms. The Labute approximate surface area is 132 Å². The van der Waals surface area contributed by atoms with Crippen LogP contribution < -0.4 is 14.8 Å². The van der Waals surface area contributed by atoms with Gasteiger partial charge in [-0.15, -0.1) is 0 Å². The van der Waals surface area contributed by atoms with Crippen LogP contribution in [-0.2, 0) is 0 Å². The van der Waals surface area contributed by atoms with Gasteiger partial charge in [0.2, 0.25) is 0 Å². The molecule has 0 aromatic heterocycles. The molecule has 0 aliphatic carbocycles. The largest absolute Gasteiger partial charge is 0.497 e.